The fourth-order valence-electron chi connectivity index (χ4n) is 5.53. The van der Waals surface area contributed by atoms with Gasteiger partial charge in [0.1, 0.15) is 0 Å². The van der Waals surface area contributed by atoms with Gasteiger partial charge in [-0.05, 0) is 83.5 Å². The summed E-state index contributed by atoms with van der Waals surface area (Å²) in [5.41, 5.74) is 0. The Kier molecular flexibility index (Phi) is 26.0. The van der Waals surface area contributed by atoms with Gasteiger partial charge in [0.2, 0.25) is 0 Å². The first-order chi connectivity index (χ1) is 19.3. The van der Waals surface area contributed by atoms with Crippen LogP contribution in [0.1, 0.15) is 155 Å². The van der Waals surface area contributed by atoms with E-state index in [1.54, 1.807) is 0 Å². The number of quaternary nitrogens is 1. The van der Waals surface area contributed by atoms with Crippen LogP contribution in [-0.4, -0.2) is 58.8 Å². The quantitative estimate of drug-likeness (QED) is 0.0517. The molecular formula is C33H61NO6. The predicted molar refractivity (Wildman–Crippen MR) is 161 cm³/mol. The topological polar surface area (TPSA) is 115 Å². The summed E-state index contributed by atoms with van der Waals surface area (Å²) in [6, 6.07) is 0. The minimum absolute atomic E-state index is 0.0610. The van der Waals surface area contributed by atoms with Crippen molar-refractivity contribution in [2.45, 2.75) is 155 Å². The Labute approximate surface area is 245 Å². The second-order valence-electron chi connectivity index (χ2n) is 11.7. The van der Waals surface area contributed by atoms with Crippen LogP contribution < -0.4 is 5.11 Å². The van der Waals surface area contributed by atoms with Crippen LogP contribution in [0, 0.1) is 0 Å². The maximum absolute atomic E-state index is 11.0. The number of carbonyl (C=O) groups is 3. The van der Waals surface area contributed by atoms with Crippen LogP contribution in [0.3, 0.4) is 0 Å². The van der Waals surface area contributed by atoms with Crippen LogP contribution in [0.25, 0.3) is 0 Å². The lowest BCUT2D eigenvalue weighted by Gasteiger charge is -2.39. The third-order valence-corrected chi connectivity index (χ3v) is 7.95. The van der Waals surface area contributed by atoms with Gasteiger partial charge in [0.25, 0.3) is 0 Å². The molecule has 0 aromatic carbocycles. The van der Waals surface area contributed by atoms with E-state index >= 15 is 0 Å². The monoisotopic (exact) mass is 567 g/mol. The molecule has 0 fully saturated rings. The van der Waals surface area contributed by atoms with Crippen LogP contribution in [0.5, 0.6) is 0 Å². The second kappa shape index (κ2) is 27.3. The molecule has 0 bridgehead atoms. The van der Waals surface area contributed by atoms with Gasteiger partial charge in [-0.25, -0.2) is 0 Å². The average molecular weight is 568 g/mol. The summed E-state index contributed by atoms with van der Waals surface area (Å²) in [4.78, 5) is 32.8. The van der Waals surface area contributed by atoms with Crippen molar-refractivity contribution in [1.29, 1.82) is 0 Å². The summed E-state index contributed by atoms with van der Waals surface area (Å²) in [5.74, 6) is -2.57. The summed E-state index contributed by atoms with van der Waals surface area (Å²) >= 11 is 0. The van der Waals surface area contributed by atoms with E-state index in [-0.39, 0.29) is 19.3 Å². The molecule has 0 saturated carbocycles. The summed E-state index contributed by atoms with van der Waals surface area (Å²) in [6.45, 7) is 5.85. The number of nitrogens with zero attached hydrogens (tertiary/aromatic N) is 1. The number of carboxylic acid groups (broad SMARTS) is 3. The van der Waals surface area contributed by atoms with Gasteiger partial charge < -0.3 is 24.6 Å². The van der Waals surface area contributed by atoms with Gasteiger partial charge in [-0.1, -0.05) is 70.4 Å². The Hall–Kier alpha value is -1.89. The van der Waals surface area contributed by atoms with Crippen LogP contribution in [0.4, 0.5) is 0 Å². The number of carbonyl (C=O) groups excluding carboxylic acids is 1. The van der Waals surface area contributed by atoms with E-state index in [1.165, 1.54) is 70.6 Å². The molecule has 0 aliphatic heterocycles. The van der Waals surface area contributed by atoms with Crippen LogP contribution in [0.2, 0.25) is 0 Å². The summed E-state index contributed by atoms with van der Waals surface area (Å²) in [7, 11) is 0. The van der Waals surface area contributed by atoms with Gasteiger partial charge in [-0.2, -0.15) is 0 Å². The van der Waals surface area contributed by atoms with E-state index in [1.807, 2.05) is 0 Å². The summed E-state index contributed by atoms with van der Waals surface area (Å²) < 4.78 is 0.841. The molecule has 0 aromatic heterocycles. The fourth-order valence-corrected chi connectivity index (χ4v) is 5.53. The zero-order chi connectivity index (χ0) is 29.7. The largest absolute Gasteiger partial charge is 0.550 e. The molecule has 0 saturated heterocycles. The molecule has 0 atom stereocenters. The highest BCUT2D eigenvalue weighted by Crippen LogP contribution is 2.19. The highest BCUT2D eigenvalue weighted by atomic mass is 16.4. The molecule has 0 heterocycles. The zero-order valence-electron chi connectivity index (χ0n) is 25.7. The van der Waals surface area contributed by atoms with E-state index in [0.29, 0.717) is 19.3 Å². The molecule has 7 nitrogen and oxygen atoms in total. The molecule has 0 aliphatic rings. The number of hydrogen-bond acceptors (Lipinski definition) is 4. The normalized spacial score (nSPS) is 11.8. The van der Waals surface area contributed by atoms with Gasteiger partial charge in [0, 0.05) is 18.8 Å². The minimum atomic E-state index is -1.02. The highest BCUT2D eigenvalue weighted by Gasteiger charge is 2.26. The van der Waals surface area contributed by atoms with E-state index in [2.05, 4.69) is 19.1 Å². The Balaban J connectivity index is 4.48. The molecule has 7 heteroatoms. The maximum atomic E-state index is 11.0. The van der Waals surface area contributed by atoms with Crippen molar-refractivity contribution in [3.63, 3.8) is 0 Å². The van der Waals surface area contributed by atoms with Gasteiger partial charge in [0.15, 0.2) is 0 Å². The molecule has 0 aliphatic carbocycles. The van der Waals surface area contributed by atoms with Gasteiger partial charge >= 0.3 is 11.9 Å². The van der Waals surface area contributed by atoms with E-state index in [9.17, 15) is 19.5 Å². The maximum Gasteiger partial charge on any atom is 0.303 e. The second-order valence-corrected chi connectivity index (χ2v) is 11.7. The first-order valence-corrected chi connectivity index (χ1v) is 16.4. The van der Waals surface area contributed by atoms with Crippen molar-refractivity contribution in [2.75, 3.05) is 26.2 Å². The molecule has 0 radical (unpaired) electrons. The smallest absolute Gasteiger partial charge is 0.303 e. The molecule has 40 heavy (non-hydrogen) atoms. The molecule has 2 N–H and O–H groups in total. The average Bonchev–Trinajstić information content (AvgIpc) is 2.91. The number of rotatable bonds is 31. The van der Waals surface area contributed by atoms with E-state index in [4.69, 9.17) is 10.2 Å². The van der Waals surface area contributed by atoms with Crippen LogP contribution in [0.15, 0.2) is 12.2 Å². The molecular weight excluding hydrogens is 506 g/mol. The number of aliphatic carboxylic acids is 3. The number of carboxylic acids is 3. The predicted octanol–water partition coefficient (Wildman–Crippen LogP) is 7.27. The van der Waals surface area contributed by atoms with Crippen molar-refractivity contribution < 1.29 is 34.2 Å². The van der Waals surface area contributed by atoms with Crippen molar-refractivity contribution >= 4 is 17.9 Å². The fraction of sp³-hybridized carbons (Fsp3) is 0.848. The highest BCUT2D eigenvalue weighted by molar-refractivity contribution is 5.66. The lowest BCUT2D eigenvalue weighted by Crippen LogP contribution is -2.51. The first kappa shape index (κ1) is 38.1. The third-order valence-electron chi connectivity index (χ3n) is 7.95. The zero-order valence-corrected chi connectivity index (χ0v) is 25.7. The van der Waals surface area contributed by atoms with Crippen molar-refractivity contribution in [1.82, 2.24) is 0 Å². The molecule has 0 amide bonds. The summed E-state index contributed by atoms with van der Waals surface area (Å²) in [6.07, 6.45) is 27.1. The minimum Gasteiger partial charge on any atom is -0.550 e. The Morgan fingerprint density at radius 3 is 1.27 bits per heavy atom. The van der Waals surface area contributed by atoms with Crippen molar-refractivity contribution in [3.05, 3.63) is 12.2 Å². The molecule has 0 rings (SSSR count). The van der Waals surface area contributed by atoms with Crippen LogP contribution in [-0.2, 0) is 14.4 Å². The lowest BCUT2D eigenvalue weighted by molar-refractivity contribution is -0.929. The molecule has 0 aromatic rings. The third kappa shape index (κ3) is 26.3. The number of unbranched alkanes of at least 4 members (excludes halogenated alkanes) is 15. The van der Waals surface area contributed by atoms with Gasteiger partial charge in [-0.3, -0.25) is 9.59 Å². The van der Waals surface area contributed by atoms with Gasteiger partial charge in [-0.15, -0.1) is 0 Å². The van der Waals surface area contributed by atoms with E-state index in [0.717, 1.165) is 69.2 Å². The Bertz CT molecular complexity index is 608. The number of hydrogen-bond donors (Lipinski definition) is 2. The Morgan fingerprint density at radius 1 is 0.525 bits per heavy atom. The Morgan fingerprint density at radius 2 is 0.875 bits per heavy atom. The molecule has 0 unspecified atom stereocenters. The van der Waals surface area contributed by atoms with Crippen LogP contribution >= 0.6 is 0 Å². The summed E-state index contributed by atoms with van der Waals surface area (Å²) in [5, 5.41) is 28.9. The van der Waals surface area contributed by atoms with Gasteiger partial charge in [0.05, 0.1) is 26.2 Å². The molecule has 234 valence electrons. The first-order valence-electron chi connectivity index (χ1n) is 16.4. The number of allylic oxidation sites excluding steroid dienone is 2. The SMILES string of the molecule is CCCCCCCCC/C=C/CCCCCCC[N+](CCCCC(=O)[O-])(CCCCC(=O)O)CCCCC(=O)O. The van der Waals surface area contributed by atoms with Crippen molar-refractivity contribution in [3.8, 4) is 0 Å². The molecule has 0 spiro atoms. The standard InChI is InChI=1S/C33H61NO6/c1-2-3-4-5-6-7-8-9-10-11-12-13-14-15-16-20-27-34(28-21-17-24-31(35)36,29-22-18-25-32(37)38)30-23-19-26-33(39)40/h10-11H,2-9,12-30H2,1H3,(H2-,35,36,37,38,39,40)/b11-10+. The van der Waals surface area contributed by atoms with Crippen molar-refractivity contribution in [2.24, 2.45) is 0 Å². The lowest BCUT2D eigenvalue weighted by atomic mass is 10.1. The van der Waals surface area contributed by atoms with E-state index < -0.39 is 17.9 Å².